The second-order valence-corrected chi connectivity index (χ2v) is 3.93. The molecule has 0 bridgehead atoms. The van der Waals surface area contributed by atoms with E-state index in [4.69, 9.17) is 0 Å². The Labute approximate surface area is 99.7 Å². The lowest BCUT2D eigenvalue weighted by atomic mass is 10.2. The highest BCUT2D eigenvalue weighted by atomic mass is 15.1. The van der Waals surface area contributed by atoms with Crippen molar-refractivity contribution >= 4 is 11.5 Å². The fourth-order valence-corrected chi connectivity index (χ4v) is 1.81. The molecule has 0 unspecified atom stereocenters. The van der Waals surface area contributed by atoms with Crippen molar-refractivity contribution in [3.05, 3.63) is 66.5 Å². The van der Waals surface area contributed by atoms with Gasteiger partial charge in [-0.3, -0.25) is 0 Å². The predicted molar refractivity (Wildman–Crippen MR) is 69.0 cm³/mol. The molecule has 1 aromatic carbocycles. The van der Waals surface area contributed by atoms with Gasteiger partial charge in [-0.25, -0.2) is 4.98 Å². The minimum absolute atomic E-state index is 0.796. The van der Waals surface area contributed by atoms with E-state index in [9.17, 15) is 0 Å². The average molecular weight is 223 g/mol. The van der Waals surface area contributed by atoms with Crippen LogP contribution in [0.25, 0.3) is 5.65 Å². The molecule has 0 aliphatic rings. The third-order valence-corrected chi connectivity index (χ3v) is 2.68. The summed E-state index contributed by atoms with van der Waals surface area (Å²) in [4.78, 5) is 4.48. The molecule has 0 saturated heterocycles. The lowest BCUT2D eigenvalue weighted by Crippen LogP contribution is -1.98. The molecule has 2 heterocycles. The van der Waals surface area contributed by atoms with E-state index >= 15 is 0 Å². The van der Waals surface area contributed by atoms with E-state index in [1.54, 1.807) is 0 Å². The molecule has 0 radical (unpaired) electrons. The summed E-state index contributed by atoms with van der Waals surface area (Å²) in [6.07, 6.45) is 3.99. The number of hydrogen-bond acceptors (Lipinski definition) is 2. The molecule has 3 rings (SSSR count). The first-order chi connectivity index (χ1) is 8.42. The summed E-state index contributed by atoms with van der Waals surface area (Å²) >= 11 is 0. The summed E-state index contributed by atoms with van der Waals surface area (Å²) in [6.45, 7) is 0.796. The summed E-state index contributed by atoms with van der Waals surface area (Å²) in [7, 11) is 0. The lowest BCUT2D eigenvalue weighted by molar-refractivity contribution is 1.13. The van der Waals surface area contributed by atoms with Gasteiger partial charge in [0.05, 0.1) is 6.20 Å². The molecular weight excluding hydrogens is 210 g/mol. The number of rotatable bonds is 3. The van der Waals surface area contributed by atoms with Crippen LogP contribution in [0.4, 0.5) is 5.82 Å². The maximum Gasteiger partial charge on any atom is 0.145 e. The number of aromatic nitrogens is 2. The van der Waals surface area contributed by atoms with Crippen molar-refractivity contribution in [1.82, 2.24) is 9.38 Å². The number of benzene rings is 1. The molecule has 1 N–H and O–H groups in total. The molecule has 0 amide bonds. The van der Waals surface area contributed by atoms with E-state index in [1.165, 1.54) is 5.56 Å². The molecule has 0 saturated carbocycles. The number of nitrogens with one attached hydrogen (secondary N) is 1. The average Bonchev–Trinajstić information content (AvgIpc) is 2.80. The highest BCUT2D eigenvalue weighted by molar-refractivity contribution is 5.48. The maximum atomic E-state index is 4.48. The standard InChI is InChI=1S/C14H13N3/c1-2-6-12(7-3-1)10-15-13-11-17-9-5-4-8-14(17)16-13/h1-9,11,15H,10H2. The van der Waals surface area contributed by atoms with E-state index in [0.29, 0.717) is 0 Å². The summed E-state index contributed by atoms with van der Waals surface area (Å²) in [5, 5.41) is 3.32. The largest absolute Gasteiger partial charge is 0.365 e. The molecule has 2 aromatic heterocycles. The summed E-state index contributed by atoms with van der Waals surface area (Å²) in [5.41, 5.74) is 2.22. The van der Waals surface area contributed by atoms with Gasteiger partial charge in [-0.05, 0) is 17.7 Å². The van der Waals surface area contributed by atoms with Crippen LogP contribution in [-0.2, 0) is 6.54 Å². The second kappa shape index (κ2) is 4.29. The van der Waals surface area contributed by atoms with E-state index in [1.807, 2.05) is 53.2 Å². The lowest BCUT2D eigenvalue weighted by Gasteiger charge is -2.01. The molecule has 84 valence electrons. The third-order valence-electron chi connectivity index (χ3n) is 2.68. The van der Waals surface area contributed by atoms with Crippen molar-refractivity contribution in [3.63, 3.8) is 0 Å². The zero-order chi connectivity index (χ0) is 11.5. The summed E-state index contributed by atoms with van der Waals surface area (Å²) in [6, 6.07) is 16.3. The topological polar surface area (TPSA) is 29.3 Å². The quantitative estimate of drug-likeness (QED) is 0.739. The van der Waals surface area contributed by atoms with Crippen molar-refractivity contribution in [2.24, 2.45) is 0 Å². The highest BCUT2D eigenvalue weighted by Gasteiger charge is 1.99. The Morgan fingerprint density at radius 1 is 1.00 bits per heavy atom. The monoisotopic (exact) mass is 223 g/mol. The zero-order valence-corrected chi connectivity index (χ0v) is 9.38. The Morgan fingerprint density at radius 2 is 1.82 bits per heavy atom. The van der Waals surface area contributed by atoms with Gasteiger partial charge in [0.15, 0.2) is 0 Å². The smallest absolute Gasteiger partial charge is 0.145 e. The number of pyridine rings is 1. The highest BCUT2D eigenvalue weighted by Crippen LogP contribution is 2.10. The number of hydrogen-bond donors (Lipinski definition) is 1. The van der Waals surface area contributed by atoms with E-state index < -0.39 is 0 Å². The van der Waals surface area contributed by atoms with Crippen molar-refractivity contribution < 1.29 is 0 Å². The number of anilines is 1. The van der Waals surface area contributed by atoms with Crippen LogP contribution in [-0.4, -0.2) is 9.38 Å². The van der Waals surface area contributed by atoms with Gasteiger partial charge in [-0.2, -0.15) is 0 Å². The van der Waals surface area contributed by atoms with Crippen molar-refractivity contribution in [2.75, 3.05) is 5.32 Å². The second-order valence-electron chi connectivity index (χ2n) is 3.93. The number of fused-ring (bicyclic) bond motifs is 1. The number of nitrogens with zero attached hydrogens (tertiary/aromatic N) is 2. The van der Waals surface area contributed by atoms with Crippen LogP contribution in [0.1, 0.15) is 5.56 Å². The van der Waals surface area contributed by atoms with E-state index in [2.05, 4.69) is 22.4 Å². The van der Waals surface area contributed by atoms with Gasteiger partial charge < -0.3 is 9.72 Å². The van der Waals surface area contributed by atoms with Gasteiger partial charge in [-0.1, -0.05) is 36.4 Å². The van der Waals surface area contributed by atoms with Crippen LogP contribution < -0.4 is 5.32 Å². The van der Waals surface area contributed by atoms with Crippen LogP contribution in [0.5, 0.6) is 0 Å². The minimum Gasteiger partial charge on any atom is -0.365 e. The molecule has 3 aromatic rings. The Bertz CT molecular complexity index is 580. The Hall–Kier alpha value is -2.29. The molecule has 17 heavy (non-hydrogen) atoms. The van der Waals surface area contributed by atoms with Crippen LogP contribution in [0, 0.1) is 0 Å². The van der Waals surface area contributed by atoms with Crippen LogP contribution >= 0.6 is 0 Å². The summed E-state index contributed by atoms with van der Waals surface area (Å²) < 4.78 is 2.01. The molecule has 0 aliphatic carbocycles. The third kappa shape index (κ3) is 2.13. The SMILES string of the molecule is c1ccc(CNc2cn3ccccc3n2)cc1. The molecule has 0 atom stereocenters. The van der Waals surface area contributed by atoms with Crippen LogP contribution in [0.15, 0.2) is 60.9 Å². The molecule has 0 aliphatic heterocycles. The zero-order valence-electron chi connectivity index (χ0n) is 9.38. The van der Waals surface area contributed by atoms with Crippen LogP contribution in [0.2, 0.25) is 0 Å². The first kappa shape index (κ1) is 9.90. The predicted octanol–water partition coefficient (Wildman–Crippen LogP) is 2.95. The molecule has 3 nitrogen and oxygen atoms in total. The normalized spacial score (nSPS) is 10.6. The summed E-state index contributed by atoms with van der Waals surface area (Å²) in [5.74, 6) is 0.903. The van der Waals surface area contributed by atoms with E-state index in [0.717, 1.165) is 18.0 Å². The molecule has 0 spiro atoms. The van der Waals surface area contributed by atoms with Gasteiger partial charge in [-0.15, -0.1) is 0 Å². The van der Waals surface area contributed by atoms with E-state index in [-0.39, 0.29) is 0 Å². The van der Waals surface area contributed by atoms with Gasteiger partial charge in [0.25, 0.3) is 0 Å². The molecular formula is C14H13N3. The Balaban J connectivity index is 1.77. The number of imidazole rings is 1. The maximum absolute atomic E-state index is 4.48. The first-order valence-electron chi connectivity index (χ1n) is 5.63. The van der Waals surface area contributed by atoms with Crippen molar-refractivity contribution in [3.8, 4) is 0 Å². The van der Waals surface area contributed by atoms with Gasteiger partial charge >= 0.3 is 0 Å². The fourth-order valence-electron chi connectivity index (χ4n) is 1.81. The van der Waals surface area contributed by atoms with Gasteiger partial charge in [0, 0.05) is 12.7 Å². The van der Waals surface area contributed by atoms with Crippen LogP contribution in [0.3, 0.4) is 0 Å². The molecule has 0 fully saturated rings. The molecule has 3 heteroatoms. The Morgan fingerprint density at radius 3 is 2.65 bits per heavy atom. The first-order valence-corrected chi connectivity index (χ1v) is 5.63. The van der Waals surface area contributed by atoms with Crippen molar-refractivity contribution in [1.29, 1.82) is 0 Å². The van der Waals surface area contributed by atoms with Gasteiger partial charge in [0.2, 0.25) is 0 Å². The van der Waals surface area contributed by atoms with Gasteiger partial charge in [0.1, 0.15) is 11.5 Å². The minimum atomic E-state index is 0.796. The fraction of sp³-hybridized carbons (Fsp3) is 0.0714. The van der Waals surface area contributed by atoms with Crippen molar-refractivity contribution in [2.45, 2.75) is 6.54 Å². The Kier molecular flexibility index (Phi) is 2.50.